The molecule has 1 aliphatic heterocycles. The maximum atomic E-state index is 13.4. The summed E-state index contributed by atoms with van der Waals surface area (Å²) < 4.78 is 19.2. The number of carboxylic acid groups (broad SMARTS) is 1. The number of halogens is 1. The number of amides is 1. The van der Waals surface area contributed by atoms with Crippen molar-refractivity contribution in [3.63, 3.8) is 0 Å². The molecule has 1 aromatic rings. The number of hydrogen-bond donors (Lipinski definition) is 1. The van der Waals surface area contributed by atoms with Crippen molar-refractivity contribution < 1.29 is 23.8 Å². The first-order valence-corrected chi connectivity index (χ1v) is 6.67. The van der Waals surface area contributed by atoms with Crippen molar-refractivity contribution in [2.75, 3.05) is 13.1 Å². The van der Waals surface area contributed by atoms with Gasteiger partial charge in [-0.05, 0) is 23.6 Å². The fourth-order valence-corrected chi connectivity index (χ4v) is 2.18. The van der Waals surface area contributed by atoms with Gasteiger partial charge in [0.1, 0.15) is 17.7 Å². The van der Waals surface area contributed by atoms with Crippen LogP contribution in [0.5, 0.6) is 5.75 Å². The van der Waals surface area contributed by atoms with Gasteiger partial charge in [-0.25, -0.2) is 9.18 Å². The molecule has 0 aliphatic carbocycles. The Morgan fingerprint density at radius 3 is 2.48 bits per heavy atom. The number of benzene rings is 1. The SMILES string of the molecule is CC(C)(C)c1cc(F)ccc1OC1CN(C(=O)C(=O)O)C1. The Bertz CT molecular complexity index is 574. The molecule has 1 aromatic carbocycles. The smallest absolute Gasteiger partial charge is 0.394 e. The van der Waals surface area contributed by atoms with Crippen LogP contribution in [-0.2, 0) is 15.0 Å². The molecule has 1 saturated heterocycles. The Morgan fingerprint density at radius 1 is 1.33 bits per heavy atom. The van der Waals surface area contributed by atoms with E-state index in [0.717, 1.165) is 5.56 Å². The Morgan fingerprint density at radius 2 is 1.95 bits per heavy atom. The van der Waals surface area contributed by atoms with Crippen molar-refractivity contribution in [2.45, 2.75) is 32.3 Å². The lowest BCUT2D eigenvalue weighted by Crippen LogP contribution is -2.58. The Hall–Kier alpha value is -2.11. The van der Waals surface area contributed by atoms with Gasteiger partial charge in [-0.3, -0.25) is 4.79 Å². The summed E-state index contributed by atoms with van der Waals surface area (Å²) in [6, 6.07) is 4.33. The first-order chi connectivity index (χ1) is 9.68. The molecule has 0 unspecified atom stereocenters. The van der Waals surface area contributed by atoms with Gasteiger partial charge >= 0.3 is 11.9 Å². The molecule has 0 aromatic heterocycles. The van der Waals surface area contributed by atoms with Gasteiger partial charge in [0, 0.05) is 5.56 Å². The van der Waals surface area contributed by atoms with Gasteiger partial charge in [0.15, 0.2) is 0 Å². The molecule has 0 saturated carbocycles. The second-order valence-electron chi connectivity index (χ2n) is 6.15. The van der Waals surface area contributed by atoms with E-state index in [1.54, 1.807) is 6.07 Å². The third kappa shape index (κ3) is 3.32. The monoisotopic (exact) mass is 295 g/mol. The zero-order valence-corrected chi connectivity index (χ0v) is 12.2. The third-order valence-electron chi connectivity index (χ3n) is 3.36. The van der Waals surface area contributed by atoms with Crippen LogP contribution in [0.3, 0.4) is 0 Å². The average molecular weight is 295 g/mol. The predicted molar refractivity (Wildman–Crippen MR) is 73.7 cm³/mol. The molecule has 5 nitrogen and oxygen atoms in total. The van der Waals surface area contributed by atoms with E-state index in [1.807, 2.05) is 20.8 Å². The molecule has 1 N–H and O–H groups in total. The average Bonchev–Trinajstić information content (AvgIpc) is 2.32. The third-order valence-corrected chi connectivity index (χ3v) is 3.36. The van der Waals surface area contributed by atoms with Crippen molar-refractivity contribution in [2.24, 2.45) is 0 Å². The second kappa shape index (κ2) is 5.35. The number of carbonyl (C=O) groups is 2. The second-order valence-corrected chi connectivity index (χ2v) is 6.15. The Balaban J connectivity index is 2.06. The van der Waals surface area contributed by atoms with Crippen LogP contribution < -0.4 is 4.74 Å². The van der Waals surface area contributed by atoms with Crippen LogP contribution in [0.15, 0.2) is 18.2 Å². The summed E-state index contributed by atoms with van der Waals surface area (Å²) in [6.07, 6.45) is -0.264. The van der Waals surface area contributed by atoms with Crippen LogP contribution >= 0.6 is 0 Å². The van der Waals surface area contributed by atoms with Crippen molar-refractivity contribution in [3.8, 4) is 5.75 Å². The number of hydrogen-bond acceptors (Lipinski definition) is 3. The van der Waals surface area contributed by atoms with E-state index >= 15 is 0 Å². The normalized spacial score (nSPS) is 15.5. The van der Waals surface area contributed by atoms with Gasteiger partial charge in [0.25, 0.3) is 0 Å². The zero-order chi connectivity index (χ0) is 15.8. The number of carbonyl (C=O) groups excluding carboxylic acids is 1. The summed E-state index contributed by atoms with van der Waals surface area (Å²) in [5, 5.41) is 8.60. The van der Waals surface area contributed by atoms with Crippen LogP contribution in [0, 0.1) is 5.82 Å². The van der Waals surface area contributed by atoms with Crippen LogP contribution in [-0.4, -0.2) is 41.1 Å². The highest BCUT2D eigenvalue weighted by atomic mass is 19.1. The molecule has 1 amide bonds. The van der Waals surface area contributed by atoms with Crippen LogP contribution in [0.1, 0.15) is 26.3 Å². The minimum atomic E-state index is -1.47. The first-order valence-electron chi connectivity index (χ1n) is 6.67. The molecule has 1 aliphatic rings. The highest BCUT2D eigenvalue weighted by Crippen LogP contribution is 2.33. The summed E-state index contributed by atoms with van der Waals surface area (Å²) in [6.45, 7) is 6.32. The molecular formula is C15H18FNO4. The van der Waals surface area contributed by atoms with Crippen molar-refractivity contribution in [1.82, 2.24) is 4.90 Å². The first kappa shape index (κ1) is 15.3. The maximum absolute atomic E-state index is 13.4. The van der Waals surface area contributed by atoms with Gasteiger partial charge in [-0.15, -0.1) is 0 Å². The molecule has 0 spiro atoms. The van der Waals surface area contributed by atoms with Crippen molar-refractivity contribution in [1.29, 1.82) is 0 Å². The number of rotatable bonds is 2. The molecule has 114 valence electrons. The lowest BCUT2D eigenvalue weighted by Gasteiger charge is -2.38. The largest absolute Gasteiger partial charge is 0.486 e. The Kier molecular flexibility index (Phi) is 3.89. The van der Waals surface area contributed by atoms with E-state index in [0.29, 0.717) is 5.75 Å². The number of likely N-dealkylation sites (tertiary alicyclic amines) is 1. The van der Waals surface area contributed by atoms with Crippen LogP contribution in [0.4, 0.5) is 4.39 Å². The number of ether oxygens (including phenoxy) is 1. The lowest BCUT2D eigenvalue weighted by atomic mass is 9.86. The molecule has 6 heteroatoms. The topological polar surface area (TPSA) is 66.8 Å². The minimum Gasteiger partial charge on any atom is -0.486 e. The summed E-state index contributed by atoms with van der Waals surface area (Å²) in [4.78, 5) is 23.0. The van der Waals surface area contributed by atoms with E-state index in [1.165, 1.54) is 17.0 Å². The van der Waals surface area contributed by atoms with Gasteiger partial charge in [0.2, 0.25) is 0 Å². The molecule has 21 heavy (non-hydrogen) atoms. The molecule has 0 atom stereocenters. The van der Waals surface area contributed by atoms with Gasteiger partial charge in [-0.2, -0.15) is 0 Å². The highest BCUT2D eigenvalue weighted by molar-refractivity contribution is 6.31. The summed E-state index contributed by atoms with van der Waals surface area (Å²) in [7, 11) is 0. The van der Waals surface area contributed by atoms with Gasteiger partial charge in [-0.1, -0.05) is 20.8 Å². The minimum absolute atomic E-state index is 0.228. The molecular weight excluding hydrogens is 277 g/mol. The lowest BCUT2D eigenvalue weighted by molar-refractivity contribution is -0.160. The summed E-state index contributed by atoms with van der Waals surface area (Å²) in [5.41, 5.74) is 0.461. The fraction of sp³-hybridized carbons (Fsp3) is 0.467. The van der Waals surface area contributed by atoms with Crippen molar-refractivity contribution >= 4 is 11.9 Å². The highest BCUT2D eigenvalue weighted by Gasteiger charge is 2.36. The quantitative estimate of drug-likeness (QED) is 0.845. The molecule has 0 bridgehead atoms. The van der Waals surface area contributed by atoms with E-state index in [2.05, 4.69) is 0 Å². The number of aliphatic carboxylic acids is 1. The molecule has 2 rings (SSSR count). The molecule has 1 fully saturated rings. The van der Waals surface area contributed by atoms with E-state index in [9.17, 15) is 14.0 Å². The van der Waals surface area contributed by atoms with Crippen molar-refractivity contribution in [3.05, 3.63) is 29.6 Å². The maximum Gasteiger partial charge on any atom is 0.394 e. The van der Waals surface area contributed by atoms with E-state index < -0.39 is 11.9 Å². The Labute approximate surface area is 122 Å². The van der Waals surface area contributed by atoms with E-state index in [-0.39, 0.29) is 30.4 Å². The number of carboxylic acids is 1. The standard InChI is InChI=1S/C15H18FNO4/c1-15(2,3)11-6-9(16)4-5-12(11)21-10-7-17(8-10)13(18)14(19)20/h4-6,10H,7-8H2,1-3H3,(H,19,20). The summed E-state index contributed by atoms with van der Waals surface area (Å²) in [5.74, 6) is -2.16. The fourth-order valence-electron chi connectivity index (χ4n) is 2.18. The van der Waals surface area contributed by atoms with E-state index in [4.69, 9.17) is 9.84 Å². The predicted octanol–water partition coefficient (Wildman–Crippen LogP) is 1.80. The van der Waals surface area contributed by atoms with Crippen LogP contribution in [0.25, 0.3) is 0 Å². The molecule has 1 heterocycles. The number of nitrogens with zero attached hydrogens (tertiary/aromatic N) is 1. The van der Waals surface area contributed by atoms with Crippen LogP contribution in [0.2, 0.25) is 0 Å². The zero-order valence-electron chi connectivity index (χ0n) is 12.2. The summed E-state index contributed by atoms with van der Waals surface area (Å²) >= 11 is 0. The van der Waals surface area contributed by atoms with Gasteiger partial charge < -0.3 is 14.7 Å². The van der Waals surface area contributed by atoms with Gasteiger partial charge in [0.05, 0.1) is 13.1 Å². The molecule has 0 radical (unpaired) electrons.